The summed E-state index contributed by atoms with van der Waals surface area (Å²) in [5, 5.41) is 12.5. The maximum Gasteiger partial charge on any atom is 0.302 e. The molecule has 7 rings (SSSR count). The summed E-state index contributed by atoms with van der Waals surface area (Å²) in [5.74, 6) is -3.30. The second kappa shape index (κ2) is 4.96. The number of nitrogens with zero attached hydrogens (tertiary/aromatic N) is 1. The molecule has 1 heterocycles. The van der Waals surface area contributed by atoms with Gasteiger partial charge in [-0.2, -0.15) is 0 Å². The molecule has 6 saturated carbocycles. The van der Waals surface area contributed by atoms with Gasteiger partial charge in [0.05, 0.1) is 16.9 Å². The Bertz CT molecular complexity index is 988. The van der Waals surface area contributed by atoms with Gasteiger partial charge in [0.15, 0.2) is 0 Å². The van der Waals surface area contributed by atoms with E-state index < -0.39 is 69.3 Å². The van der Waals surface area contributed by atoms with Gasteiger partial charge in [-0.3, -0.25) is 19.2 Å². The summed E-state index contributed by atoms with van der Waals surface area (Å²) in [6, 6.07) is -0.417. The van der Waals surface area contributed by atoms with Crippen LogP contribution in [0.3, 0.4) is 0 Å². The Hall–Kier alpha value is -1.86. The minimum absolute atomic E-state index is 0.0512. The average Bonchev–Trinajstić information content (AvgIpc) is 2.71. The van der Waals surface area contributed by atoms with Crippen molar-refractivity contribution in [2.75, 3.05) is 13.6 Å². The van der Waals surface area contributed by atoms with Crippen molar-refractivity contribution >= 4 is 23.3 Å². The van der Waals surface area contributed by atoms with Gasteiger partial charge in [0.1, 0.15) is 11.9 Å². The van der Waals surface area contributed by atoms with Gasteiger partial charge in [-0.1, -0.05) is 19.1 Å². The predicted octanol–water partition coefficient (Wildman–Crippen LogP) is 0.683. The molecular weight excluding hydrogens is 386 g/mol. The lowest BCUT2D eigenvalue weighted by Crippen LogP contribution is -2.79. The third kappa shape index (κ3) is 1.55. The Morgan fingerprint density at radius 2 is 1.93 bits per heavy atom. The van der Waals surface area contributed by atoms with Crippen LogP contribution in [0, 0.1) is 34.0 Å². The zero-order valence-corrected chi connectivity index (χ0v) is 17.6. The van der Waals surface area contributed by atoms with Gasteiger partial charge in [-0.15, -0.1) is 0 Å². The van der Waals surface area contributed by atoms with E-state index in [1.165, 1.54) is 6.92 Å². The SMILES string of the molecule is C=C1CC23C(=O)C(=O)C4C5(C)CC(OC(C)=O)CC46C(C2C(=O)C1CC36O)N(C)C5. The van der Waals surface area contributed by atoms with Crippen molar-refractivity contribution in [1.29, 1.82) is 0 Å². The van der Waals surface area contributed by atoms with E-state index in [4.69, 9.17) is 4.74 Å². The zero-order chi connectivity index (χ0) is 21.6. The lowest BCUT2D eigenvalue weighted by molar-refractivity contribution is -0.260. The summed E-state index contributed by atoms with van der Waals surface area (Å²) in [7, 11) is 1.94. The first-order chi connectivity index (χ1) is 13.9. The summed E-state index contributed by atoms with van der Waals surface area (Å²) >= 11 is 0. The third-order valence-corrected chi connectivity index (χ3v) is 9.81. The Kier molecular flexibility index (Phi) is 3.12. The van der Waals surface area contributed by atoms with Gasteiger partial charge in [0, 0.05) is 36.8 Å². The number of carbonyl (C=O) groups excluding carboxylic acids is 4. The number of carbonyl (C=O) groups is 4. The number of Topliss-reactive ketones (excluding diaryl/α,β-unsaturated/α-hetero) is 3. The molecule has 6 bridgehead atoms. The van der Waals surface area contributed by atoms with E-state index >= 15 is 0 Å². The zero-order valence-electron chi connectivity index (χ0n) is 17.6. The number of ether oxygens (including phenoxy) is 1. The molecule has 7 heteroatoms. The molecule has 1 saturated heterocycles. The fraction of sp³-hybridized carbons (Fsp3) is 0.739. The number of allylic oxidation sites excluding steroid dienone is 1. The van der Waals surface area contributed by atoms with Crippen molar-refractivity contribution in [3.63, 3.8) is 0 Å². The van der Waals surface area contributed by atoms with E-state index in [2.05, 4.69) is 11.5 Å². The molecule has 0 aromatic carbocycles. The van der Waals surface area contributed by atoms with Gasteiger partial charge >= 0.3 is 5.97 Å². The molecule has 7 fully saturated rings. The first-order valence-electron chi connectivity index (χ1n) is 10.8. The lowest BCUT2D eigenvalue weighted by Gasteiger charge is -2.69. The molecular formula is C23H27NO6. The van der Waals surface area contributed by atoms with Crippen molar-refractivity contribution in [2.45, 2.75) is 57.3 Å². The first-order valence-corrected chi connectivity index (χ1v) is 10.8. The van der Waals surface area contributed by atoms with Crippen LogP contribution in [0.25, 0.3) is 0 Å². The van der Waals surface area contributed by atoms with Gasteiger partial charge in [-0.25, -0.2) is 0 Å². The van der Waals surface area contributed by atoms with Gasteiger partial charge in [0.2, 0.25) is 11.6 Å². The number of esters is 1. The molecule has 160 valence electrons. The fourth-order valence-corrected chi connectivity index (χ4v) is 9.58. The van der Waals surface area contributed by atoms with Gasteiger partial charge in [0.25, 0.3) is 0 Å². The molecule has 0 radical (unpaired) electrons. The predicted molar refractivity (Wildman–Crippen MR) is 103 cm³/mol. The molecule has 1 aliphatic heterocycles. The molecule has 2 spiro atoms. The standard InChI is InChI=1S/C23H27NO6/c1-10-5-21-14-15(26)13(10)8-23(21,29)22-7-12(30-11(2)25)6-20(3,9-24(4)18(14)22)17(22)16(27)19(21)28/h12-14,17-18,29H,1,5-9H2,2-4H3. The molecule has 9 atom stereocenters. The number of fused-ring (bicyclic) bond motifs is 1. The molecule has 1 N–H and O–H groups in total. The topological polar surface area (TPSA) is 101 Å². The van der Waals surface area contributed by atoms with Crippen LogP contribution < -0.4 is 0 Å². The van der Waals surface area contributed by atoms with Crippen LogP contribution in [0.5, 0.6) is 0 Å². The summed E-state index contributed by atoms with van der Waals surface area (Å²) in [4.78, 5) is 54.9. The number of piperidine rings is 1. The monoisotopic (exact) mass is 413 g/mol. The maximum atomic E-state index is 13.7. The van der Waals surface area contributed by atoms with Crippen LogP contribution in [0.15, 0.2) is 12.2 Å². The van der Waals surface area contributed by atoms with Crippen LogP contribution >= 0.6 is 0 Å². The Morgan fingerprint density at radius 3 is 2.60 bits per heavy atom. The average molecular weight is 413 g/mol. The highest BCUT2D eigenvalue weighted by Crippen LogP contribution is 2.81. The van der Waals surface area contributed by atoms with E-state index in [1.54, 1.807) is 0 Å². The Morgan fingerprint density at radius 1 is 1.23 bits per heavy atom. The Balaban J connectivity index is 1.68. The molecule has 30 heavy (non-hydrogen) atoms. The molecule has 0 aromatic rings. The number of likely N-dealkylation sites (tertiary alicyclic amines) is 1. The highest BCUT2D eigenvalue weighted by molar-refractivity contribution is 6.43. The van der Waals surface area contributed by atoms with E-state index in [-0.39, 0.29) is 18.6 Å². The van der Waals surface area contributed by atoms with Crippen LogP contribution in [0.2, 0.25) is 0 Å². The third-order valence-electron chi connectivity index (χ3n) is 9.81. The summed E-state index contributed by atoms with van der Waals surface area (Å²) < 4.78 is 5.65. The second-order valence-electron chi connectivity index (χ2n) is 11.1. The normalized spacial score (nSPS) is 55.8. The van der Waals surface area contributed by atoms with Crippen molar-refractivity contribution in [3.8, 4) is 0 Å². The smallest absolute Gasteiger partial charge is 0.302 e. The minimum atomic E-state index is -1.47. The van der Waals surface area contributed by atoms with E-state index in [1.807, 2.05) is 14.0 Å². The summed E-state index contributed by atoms with van der Waals surface area (Å²) in [6.07, 6.45) is 0.667. The number of aliphatic hydroxyl groups is 1. The molecule has 6 aliphatic carbocycles. The van der Waals surface area contributed by atoms with Crippen LogP contribution in [-0.2, 0) is 23.9 Å². The first kappa shape index (κ1) is 18.9. The van der Waals surface area contributed by atoms with Crippen molar-refractivity contribution in [2.24, 2.45) is 34.0 Å². The molecule has 9 unspecified atom stereocenters. The van der Waals surface area contributed by atoms with Crippen molar-refractivity contribution in [1.82, 2.24) is 4.90 Å². The number of hydrogen-bond acceptors (Lipinski definition) is 7. The molecule has 7 nitrogen and oxygen atoms in total. The highest BCUT2D eigenvalue weighted by Gasteiger charge is 2.92. The fourth-order valence-electron chi connectivity index (χ4n) is 9.58. The van der Waals surface area contributed by atoms with Gasteiger partial charge < -0.3 is 14.7 Å². The molecule has 7 aliphatic rings. The number of ketones is 3. The largest absolute Gasteiger partial charge is 0.463 e. The summed E-state index contributed by atoms with van der Waals surface area (Å²) in [6.45, 7) is 7.90. The quantitative estimate of drug-likeness (QED) is 0.383. The van der Waals surface area contributed by atoms with Crippen molar-refractivity contribution in [3.05, 3.63) is 12.2 Å². The Labute approximate surface area is 174 Å². The van der Waals surface area contributed by atoms with Crippen LogP contribution in [-0.4, -0.2) is 64.7 Å². The van der Waals surface area contributed by atoms with Gasteiger partial charge in [-0.05, 0) is 38.1 Å². The lowest BCUT2D eigenvalue weighted by atomic mass is 9.37. The number of hydrogen-bond donors (Lipinski definition) is 1. The minimum Gasteiger partial charge on any atom is -0.463 e. The maximum absolute atomic E-state index is 13.7. The second-order valence-corrected chi connectivity index (χ2v) is 11.1. The number of rotatable bonds is 1. The van der Waals surface area contributed by atoms with E-state index in [9.17, 15) is 24.3 Å². The molecule has 0 amide bonds. The van der Waals surface area contributed by atoms with Crippen molar-refractivity contribution < 1.29 is 29.0 Å². The van der Waals surface area contributed by atoms with E-state index in [0.29, 0.717) is 25.0 Å². The highest BCUT2D eigenvalue weighted by atomic mass is 16.5. The van der Waals surface area contributed by atoms with Crippen LogP contribution in [0.1, 0.15) is 39.5 Å². The summed E-state index contributed by atoms with van der Waals surface area (Å²) in [5.41, 5.74) is -3.84. The van der Waals surface area contributed by atoms with E-state index in [0.717, 1.165) is 0 Å². The molecule has 0 aromatic heterocycles. The van der Waals surface area contributed by atoms with Crippen LogP contribution in [0.4, 0.5) is 0 Å².